The highest BCUT2D eigenvalue weighted by atomic mass is 16.5. The fourth-order valence-electron chi connectivity index (χ4n) is 2.53. The molecule has 0 fully saturated rings. The molecule has 0 unspecified atom stereocenters. The van der Waals surface area contributed by atoms with Crippen LogP contribution in [0.2, 0.25) is 0 Å². The van der Waals surface area contributed by atoms with E-state index in [0.29, 0.717) is 29.8 Å². The van der Waals surface area contributed by atoms with Crippen LogP contribution >= 0.6 is 0 Å². The number of fused-ring (bicyclic) bond motifs is 1. The first-order valence-corrected chi connectivity index (χ1v) is 6.91. The Morgan fingerprint density at radius 2 is 2.09 bits per heavy atom. The molecule has 0 spiro atoms. The van der Waals surface area contributed by atoms with E-state index in [-0.39, 0.29) is 18.0 Å². The molecule has 0 atom stereocenters. The Hall–Kier alpha value is -2.83. The van der Waals surface area contributed by atoms with Crippen LogP contribution in [0.4, 0.5) is 0 Å². The van der Waals surface area contributed by atoms with Gasteiger partial charge in [-0.05, 0) is 18.2 Å². The van der Waals surface area contributed by atoms with Crippen LogP contribution < -0.4 is 10.3 Å². The van der Waals surface area contributed by atoms with E-state index in [1.807, 2.05) is 0 Å². The van der Waals surface area contributed by atoms with Crippen molar-refractivity contribution in [1.29, 1.82) is 0 Å². The zero-order valence-corrected chi connectivity index (χ0v) is 12.0. The van der Waals surface area contributed by atoms with E-state index in [1.165, 1.54) is 13.0 Å². The summed E-state index contributed by atoms with van der Waals surface area (Å²) in [5, 5.41) is 5.36. The number of rotatable bonds is 2. The number of esters is 1. The quantitative estimate of drug-likeness (QED) is 0.634. The number of H-pyrrole nitrogens is 2. The van der Waals surface area contributed by atoms with E-state index in [0.717, 1.165) is 5.69 Å². The van der Waals surface area contributed by atoms with Gasteiger partial charge in [0.05, 0.1) is 12.1 Å². The lowest BCUT2D eigenvalue weighted by molar-refractivity contribution is -0.131. The number of nitrogens with zero attached hydrogens (tertiary/aromatic N) is 1. The van der Waals surface area contributed by atoms with E-state index in [1.54, 1.807) is 23.1 Å². The molecule has 0 aliphatic carbocycles. The molecule has 3 rings (SSSR count). The highest BCUT2D eigenvalue weighted by Crippen LogP contribution is 2.19. The monoisotopic (exact) mass is 301 g/mol. The van der Waals surface area contributed by atoms with Crippen molar-refractivity contribution >= 4 is 11.9 Å². The van der Waals surface area contributed by atoms with Crippen LogP contribution in [0.3, 0.4) is 0 Å². The lowest BCUT2D eigenvalue weighted by Crippen LogP contribution is -2.37. The number of hydrogen-bond acceptors (Lipinski definition) is 4. The Kier molecular flexibility index (Phi) is 3.54. The Morgan fingerprint density at radius 1 is 1.27 bits per heavy atom. The third kappa shape index (κ3) is 2.65. The number of carbonyl (C=O) groups excluding carboxylic acids is 2. The largest absolute Gasteiger partial charge is 0.427 e. The number of aromatic nitrogens is 2. The van der Waals surface area contributed by atoms with Gasteiger partial charge in [0.1, 0.15) is 5.75 Å². The lowest BCUT2D eigenvalue weighted by atomic mass is 10.1. The Labute approximate surface area is 125 Å². The van der Waals surface area contributed by atoms with Crippen molar-refractivity contribution in [1.82, 2.24) is 15.1 Å². The number of hydrogen-bond donors (Lipinski definition) is 2. The molecule has 2 heterocycles. The minimum atomic E-state index is -0.439. The minimum absolute atomic E-state index is 0.193. The highest BCUT2D eigenvalue weighted by Gasteiger charge is 2.25. The van der Waals surface area contributed by atoms with Gasteiger partial charge in [0.25, 0.3) is 11.5 Å². The molecule has 114 valence electrons. The summed E-state index contributed by atoms with van der Waals surface area (Å²) >= 11 is 0. The van der Waals surface area contributed by atoms with Crippen molar-refractivity contribution in [2.24, 2.45) is 0 Å². The van der Waals surface area contributed by atoms with Gasteiger partial charge in [0, 0.05) is 31.1 Å². The number of ether oxygens (including phenoxy) is 1. The van der Waals surface area contributed by atoms with E-state index in [2.05, 4.69) is 10.2 Å². The van der Waals surface area contributed by atoms with Crippen LogP contribution in [0.25, 0.3) is 0 Å². The molecular weight excluding hydrogens is 286 g/mol. The number of carbonyl (C=O) groups is 2. The van der Waals surface area contributed by atoms with Gasteiger partial charge < -0.3 is 14.7 Å². The second kappa shape index (κ2) is 5.51. The van der Waals surface area contributed by atoms with Gasteiger partial charge in [-0.2, -0.15) is 0 Å². The summed E-state index contributed by atoms with van der Waals surface area (Å²) in [7, 11) is 0. The third-order valence-electron chi connectivity index (χ3n) is 3.58. The molecule has 1 aromatic heterocycles. The number of nitrogens with one attached hydrogen (secondary N) is 2. The molecular formula is C15H15N3O4. The zero-order chi connectivity index (χ0) is 15.7. The molecule has 1 aliphatic heterocycles. The molecule has 7 nitrogen and oxygen atoms in total. The van der Waals surface area contributed by atoms with Crippen LogP contribution in [-0.2, 0) is 17.8 Å². The molecule has 1 aromatic carbocycles. The molecule has 0 saturated heterocycles. The van der Waals surface area contributed by atoms with E-state index >= 15 is 0 Å². The molecule has 0 radical (unpaired) electrons. The van der Waals surface area contributed by atoms with Gasteiger partial charge >= 0.3 is 5.97 Å². The third-order valence-corrected chi connectivity index (χ3v) is 3.58. The van der Waals surface area contributed by atoms with Crippen LogP contribution in [0, 0.1) is 0 Å². The molecule has 7 heteroatoms. The molecule has 22 heavy (non-hydrogen) atoms. The van der Waals surface area contributed by atoms with Gasteiger partial charge in [-0.15, -0.1) is 0 Å². The average molecular weight is 301 g/mol. The first-order chi connectivity index (χ1) is 10.5. The maximum absolute atomic E-state index is 12.5. The van der Waals surface area contributed by atoms with Crippen molar-refractivity contribution in [2.45, 2.75) is 19.9 Å². The van der Waals surface area contributed by atoms with Gasteiger partial charge in [0.15, 0.2) is 0 Å². The van der Waals surface area contributed by atoms with Gasteiger partial charge in [0.2, 0.25) is 0 Å². The van der Waals surface area contributed by atoms with Crippen LogP contribution in [0.5, 0.6) is 5.75 Å². The second-order valence-electron chi connectivity index (χ2n) is 5.13. The highest BCUT2D eigenvalue weighted by molar-refractivity contribution is 5.94. The molecule has 0 bridgehead atoms. The number of benzene rings is 1. The summed E-state index contributed by atoms with van der Waals surface area (Å²) in [5.41, 5.74) is 1.67. The van der Waals surface area contributed by atoms with Crippen molar-refractivity contribution in [2.75, 3.05) is 6.54 Å². The number of aromatic amines is 2. The Balaban J connectivity index is 1.81. The van der Waals surface area contributed by atoms with Crippen molar-refractivity contribution in [3.8, 4) is 5.75 Å². The fourth-order valence-corrected chi connectivity index (χ4v) is 2.53. The fraction of sp³-hybridized carbons (Fsp3) is 0.267. The Morgan fingerprint density at radius 3 is 2.86 bits per heavy atom. The summed E-state index contributed by atoms with van der Waals surface area (Å²) in [5.74, 6) is -0.304. The van der Waals surface area contributed by atoms with E-state index in [4.69, 9.17) is 4.74 Å². The summed E-state index contributed by atoms with van der Waals surface area (Å²) in [4.78, 5) is 36.8. The summed E-state index contributed by atoms with van der Waals surface area (Å²) in [6, 6.07) is 6.46. The van der Waals surface area contributed by atoms with Crippen LogP contribution in [-0.4, -0.2) is 33.5 Å². The first-order valence-electron chi connectivity index (χ1n) is 6.91. The lowest BCUT2D eigenvalue weighted by Gasteiger charge is -2.26. The molecule has 1 amide bonds. The molecule has 2 aromatic rings. The van der Waals surface area contributed by atoms with E-state index < -0.39 is 5.97 Å². The molecule has 2 N–H and O–H groups in total. The minimum Gasteiger partial charge on any atom is -0.427 e. The topological polar surface area (TPSA) is 95.3 Å². The van der Waals surface area contributed by atoms with Crippen LogP contribution in [0.15, 0.2) is 29.1 Å². The number of amides is 1. The van der Waals surface area contributed by atoms with Crippen molar-refractivity contribution < 1.29 is 14.3 Å². The maximum Gasteiger partial charge on any atom is 0.308 e. The predicted molar refractivity (Wildman–Crippen MR) is 77.6 cm³/mol. The summed E-state index contributed by atoms with van der Waals surface area (Å²) in [6.45, 7) is 2.10. The summed E-state index contributed by atoms with van der Waals surface area (Å²) < 4.78 is 4.99. The average Bonchev–Trinajstić information content (AvgIpc) is 2.87. The normalized spacial score (nSPS) is 13.6. The molecule has 0 saturated carbocycles. The SMILES string of the molecule is CC(=O)Oc1cccc(C(=O)N2CCc3[nH][nH]c(=O)c3C2)c1. The maximum atomic E-state index is 12.5. The smallest absolute Gasteiger partial charge is 0.308 e. The van der Waals surface area contributed by atoms with E-state index in [9.17, 15) is 14.4 Å². The zero-order valence-electron chi connectivity index (χ0n) is 12.0. The first kappa shape index (κ1) is 14.1. The van der Waals surface area contributed by atoms with Crippen molar-refractivity contribution in [3.05, 3.63) is 51.4 Å². The van der Waals surface area contributed by atoms with Gasteiger partial charge in [-0.1, -0.05) is 6.07 Å². The standard InChI is InChI=1S/C15H15N3O4/c1-9(19)22-11-4-2-3-10(7-11)15(21)18-6-5-13-12(8-18)14(20)17-16-13/h2-4,7H,5-6,8H2,1H3,(H2,16,17,20). The predicted octanol–water partition coefficient (Wildman–Crippen LogP) is 0.827. The molecule has 1 aliphatic rings. The Bertz CT molecular complexity index is 790. The van der Waals surface area contributed by atoms with Gasteiger partial charge in [-0.3, -0.25) is 19.5 Å². The van der Waals surface area contributed by atoms with Gasteiger partial charge in [-0.25, -0.2) is 0 Å². The van der Waals surface area contributed by atoms with Crippen molar-refractivity contribution in [3.63, 3.8) is 0 Å². The summed E-state index contributed by atoms with van der Waals surface area (Å²) in [6.07, 6.45) is 0.601. The second-order valence-corrected chi connectivity index (χ2v) is 5.13. The van der Waals surface area contributed by atoms with Crippen LogP contribution in [0.1, 0.15) is 28.5 Å².